The van der Waals surface area contributed by atoms with Gasteiger partial charge in [0.2, 0.25) is 11.1 Å². The monoisotopic (exact) mass is 401 g/mol. The zero-order valence-corrected chi connectivity index (χ0v) is 16.4. The number of aryl methyl sites for hydroxylation is 1. The summed E-state index contributed by atoms with van der Waals surface area (Å²) < 4.78 is 1.37. The molecule has 2 aromatic carbocycles. The van der Waals surface area contributed by atoms with Gasteiger partial charge in [-0.25, -0.2) is 4.68 Å². The number of halogens is 1. The first-order valence-electron chi connectivity index (χ1n) is 8.45. The zero-order chi connectivity index (χ0) is 19.2. The van der Waals surface area contributed by atoms with Crippen molar-refractivity contribution in [2.75, 3.05) is 18.1 Å². The molecule has 0 aliphatic carbocycles. The van der Waals surface area contributed by atoms with Gasteiger partial charge in [-0.3, -0.25) is 4.79 Å². The van der Waals surface area contributed by atoms with Crippen molar-refractivity contribution in [3.05, 3.63) is 64.7 Å². The third-order valence-corrected chi connectivity index (χ3v) is 5.24. The Morgan fingerprint density at radius 2 is 2.04 bits per heavy atom. The van der Waals surface area contributed by atoms with E-state index >= 15 is 0 Å². The van der Waals surface area contributed by atoms with Crippen LogP contribution < -0.4 is 11.2 Å². The SMILES string of the molecule is Cc1ccccc1CCNC(=O)CSc1nnc(-c2cccc(Cl)c2)n1N. The summed E-state index contributed by atoms with van der Waals surface area (Å²) in [4.78, 5) is 12.1. The smallest absolute Gasteiger partial charge is 0.230 e. The first-order valence-corrected chi connectivity index (χ1v) is 9.81. The number of nitrogens with zero attached hydrogens (tertiary/aromatic N) is 3. The molecule has 0 radical (unpaired) electrons. The summed E-state index contributed by atoms with van der Waals surface area (Å²) >= 11 is 7.25. The van der Waals surface area contributed by atoms with Crippen LogP contribution in [0.1, 0.15) is 11.1 Å². The lowest BCUT2D eigenvalue weighted by molar-refractivity contribution is -0.118. The molecule has 8 heteroatoms. The molecule has 27 heavy (non-hydrogen) atoms. The average Bonchev–Trinajstić information content (AvgIpc) is 3.02. The Kier molecular flexibility index (Phi) is 6.36. The molecule has 140 valence electrons. The summed E-state index contributed by atoms with van der Waals surface area (Å²) in [7, 11) is 0. The highest BCUT2D eigenvalue weighted by Gasteiger charge is 2.14. The van der Waals surface area contributed by atoms with Crippen molar-refractivity contribution in [1.29, 1.82) is 0 Å². The van der Waals surface area contributed by atoms with Gasteiger partial charge in [0.05, 0.1) is 5.75 Å². The van der Waals surface area contributed by atoms with Crippen LogP contribution in [0.2, 0.25) is 5.02 Å². The topological polar surface area (TPSA) is 85.8 Å². The van der Waals surface area contributed by atoms with E-state index in [4.69, 9.17) is 17.4 Å². The highest BCUT2D eigenvalue weighted by molar-refractivity contribution is 7.99. The maximum atomic E-state index is 12.1. The minimum atomic E-state index is -0.0686. The van der Waals surface area contributed by atoms with E-state index in [-0.39, 0.29) is 11.7 Å². The van der Waals surface area contributed by atoms with Crippen molar-refractivity contribution in [1.82, 2.24) is 20.2 Å². The number of nitrogen functional groups attached to an aromatic ring is 1. The number of benzene rings is 2. The largest absolute Gasteiger partial charge is 0.355 e. The van der Waals surface area contributed by atoms with E-state index in [2.05, 4.69) is 34.6 Å². The summed E-state index contributed by atoms with van der Waals surface area (Å²) in [6.45, 7) is 2.66. The number of hydrogen-bond acceptors (Lipinski definition) is 5. The molecule has 6 nitrogen and oxygen atoms in total. The van der Waals surface area contributed by atoms with Crippen LogP contribution in [-0.2, 0) is 11.2 Å². The standard InChI is InChI=1S/C19H20ClN5OS/c1-13-5-2-3-6-14(13)9-10-22-17(26)12-27-19-24-23-18(25(19)21)15-7-4-8-16(20)11-15/h2-8,11H,9-10,12,21H2,1H3,(H,22,26). The molecule has 3 rings (SSSR count). The highest BCUT2D eigenvalue weighted by Crippen LogP contribution is 2.23. The van der Waals surface area contributed by atoms with Gasteiger partial charge >= 0.3 is 0 Å². The lowest BCUT2D eigenvalue weighted by Gasteiger charge is -2.07. The first kappa shape index (κ1) is 19.3. The molecule has 0 saturated heterocycles. The second-order valence-electron chi connectivity index (χ2n) is 6.00. The van der Waals surface area contributed by atoms with E-state index < -0.39 is 0 Å². The normalized spacial score (nSPS) is 10.7. The lowest BCUT2D eigenvalue weighted by Crippen LogP contribution is -2.27. The van der Waals surface area contributed by atoms with Gasteiger partial charge in [-0.05, 0) is 36.6 Å². The molecule has 0 aliphatic rings. The second-order valence-corrected chi connectivity index (χ2v) is 7.38. The number of carbonyl (C=O) groups is 1. The van der Waals surface area contributed by atoms with E-state index in [1.807, 2.05) is 24.3 Å². The summed E-state index contributed by atoms with van der Waals surface area (Å²) in [5, 5.41) is 12.1. The summed E-state index contributed by atoms with van der Waals surface area (Å²) in [6, 6.07) is 15.4. The lowest BCUT2D eigenvalue weighted by atomic mass is 10.1. The van der Waals surface area contributed by atoms with E-state index in [9.17, 15) is 4.79 Å². The molecule has 1 amide bonds. The number of amides is 1. The van der Waals surface area contributed by atoms with E-state index in [1.165, 1.54) is 27.6 Å². The van der Waals surface area contributed by atoms with Crippen molar-refractivity contribution >= 4 is 29.3 Å². The van der Waals surface area contributed by atoms with Gasteiger partial charge in [0.1, 0.15) is 0 Å². The third kappa shape index (κ3) is 5.02. The predicted octanol–water partition coefficient (Wildman–Crippen LogP) is 3.07. The fourth-order valence-electron chi connectivity index (χ4n) is 2.61. The molecule has 0 aliphatic heterocycles. The molecule has 0 fully saturated rings. The molecule has 1 heterocycles. The zero-order valence-electron chi connectivity index (χ0n) is 14.9. The Balaban J connectivity index is 1.51. The minimum absolute atomic E-state index is 0.0686. The van der Waals surface area contributed by atoms with Crippen LogP contribution in [-0.4, -0.2) is 33.1 Å². The van der Waals surface area contributed by atoms with Crippen molar-refractivity contribution in [2.24, 2.45) is 0 Å². The van der Waals surface area contributed by atoms with Crippen molar-refractivity contribution in [3.63, 3.8) is 0 Å². The highest BCUT2D eigenvalue weighted by atomic mass is 35.5. The van der Waals surface area contributed by atoms with Crippen LogP contribution in [0.4, 0.5) is 0 Å². The van der Waals surface area contributed by atoms with Crippen LogP contribution in [0.5, 0.6) is 0 Å². The maximum absolute atomic E-state index is 12.1. The summed E-state index contributed by atoms with van der Waals surface area (Å²) in [5.74, 6) is 6.71. The molecular weight excluding hydrogens is 382 g/mol. The third-order valence-electron chi connectivity index (χ3n) is 4.06. The van der Waals surface area contributed by atoms with E-state index in [1.54, 1.807) is 12.1 Å². The fourth-order valence-corrected chi connectivity index (χ4v) is 3.48. The quantitative estimate of drug-likeness (QED) is 0.469. The van der Waals surface area contributed by atoms with Crippen molar-refractivity contribution in [3.8, 4) is 11.4 Å². The van der Waals surface area contributed by atoms with Gasteiger partial charge in [0.15, 0.2) is 5.82 Å². The molecule has 0 saturated carbocycles. The molecule has 0 spiro atoms. The number of carbonyl (C=O) groups excluding carboxylic acids is 1. The van der Waals surface area contributed by atoms with Gasteiger partial charge in [-0.15, -0.1) is 10.2 Å². The van der Waals surface area contributed by atoms with Crippen LogP contribution >= 0.6 is 23.4 Å². The van der Waals surface area contributed by atoms with Gasteiger partial charge in [-0.2, -0.15) is 0 Å². The Morgan fingerprint density at radius 1 is 1.22 bits per heavy atom. The number of thioether (sulfide) groups is 1. The van der Waals surface area contributed by atoms with Gasteiger partial charge < -0.3 is 11.2 Å². The van der Waals surface area contributed by atoms with Crippen LogP contribution in [0.25, 0.3) is 11.4 Å². The summed E-state index contributed by atoms with van der Waals surface area (Å²) in [5.41, 5.74) is 3.23. The molecule has 3 N–H and O–H groups in total. The Bertz CT molecular complexity index is 943. The predicted molar refractivity (Wildman–Crippen MR) is 109 cm³/mol. The maximum Gasteiger partial charge on any atom is 0.230 e. The molecule has 0 unspecified atom stereocenters. The Morgan fingerprint density at radius 3 is 2.81 bits per heavy atom. The first-order chi connectivity index (χ1) is 13.0. The van der Waals surface area contributed by atoms with Gasteiger partial charge in [0, 0.05) is 17.1 Å². The molecular formula is C19H20ClN5OS. The molecule has 0 atom stereocenters. The summed E-state index contributed by atoms with van der Waals surface area (Å²) in [6.07, 6.45) is 0.801. The van der Waals surface area contributed by atoms with E-state index in [0.717, 1.165) is 12.0 Å². The van der Waals surface area contributed by atoms with Crippen molar-refractivity contribution in [2.45, 2.75) is 18.5 Å². The van der Waals surface area contributed by atoms with Gasteiger partial charge in [-0.1, -0.05) is 59.8 Å². The van der Waals surface area contributed by atoms with Crippen LogP contribution in [0.3, 0.4) is 0 Å². The molecule has 3 aromatic rings. The molecule has 1 aromatic heterocycles. The van der Waals surface area contributed by atoms with Crippen LogP contribution in [0.15, 0.2) is 53.7 Å². The van der Waals surface area contributed by atoms with E-state index in [0.29, 0.717) is 22.5 Å². The average molecular weight is 402 g/mol. The number of nitrogens with one attached hydrogen (secondary N) is 1. The Hall–Kier alpha value is -2.51. The van der Waals surface area contributed by atoms with Gasteiger partial charge in [0.25, 0.3) is 0 Å². The Labute approximate surface area is 167 Å². The number of hydrogen-bond donors (Lipinski definition) is 2. The number of nitrogens with two attached hydrogens (primary N) is 1. The number of rotatable bonds is 7. The molecule has 0 bridgehead atoms. The minimum Gasteiger partial charge on any atom is -0.355 e. The van der Waals surface area contributed by atoms with Crippen LogP contribution in [0, 0.1) is 6.92 Å². The fraction of sp³-hybridized carbons (Fsp3) is 0.211. The second kappa shape index (κ2) is 8.92. The van der Waals surface area contributed by atoms with Crippen molar-refractivity contribution < 1.29 is 4.79 Å². The number of aromatic nitrogens is 3.